The van der Waals surface area contributed by atoms with Crippen molar-refractivity contribution in [2.75, 3.05) is 38.2 Å². The first-order valence-electron chi connectivity index (χ1n) is 8.17. The first-order chi connectivity index (χ1) is 12.5. The maximum absolute atomic E-state index is 12.7. The van der Waals surface area contributed by atoms with Crippen LogP contribution in [0.15, 0.2) is 57.9 Å². The molecule has 6 nitrogen and oxygen atoms in total. The summed E-state index contributed by atoms with van der Waals surface area (Å²) in [5.74, 6) is -0.177. The lowest BCUT2D eigenvalue weighted by Gasteiger charge is -2.26. The molecule has 0 saturated carbocycles. The lowest BCUT2D eigenvalue weighted by atomic mass is 10.1. The third-order valence-electron chi connectivity index (χ3n) is 4.04. The SMILES string of the molecule is O=C(CNc1cccc(Br)c1)c1cccc(S(=O)(=O)N2CCOCC2)c1. The third kappa shape index (κ3) is 4.50. The number of carbonyl (C=O) groups excluding carboxylic acids is 1. The fraction of sp³-hybridized carbons (Fsp3) is 0.278. The molecule has 0 radical (unpaired) electrons. The molecule has 0 atom stereocenters. The Labute approximate surface area is 161 Å². The van der Waals surface area contributed by atoms with Crippen LogP contribution in [0.25, 0.3) is 0 Å². The van der Waals surface area contributed by atoms with Crippen LogP contribution in [-0.4, -0.2) is 51.4 Å². The molecule has 138 valence electrons. The highest BCUT2D eigenvalue weighted by Crippen LogP contribution is 2.19. The Morgan fingerprint density at radius 1 is 1.12 bits per heavy atom. The van der Waals surface area contributed by atoms with E-state index in [1.54, 1.807) is 12.1 Å². The number of sulfonamides is 1. The Morgan fingerprint density at radius 3 is 2.58 bits per heavy atom. The Kier molecular flexibility index (Phi) is 6.08. The number of hydrogen-bond donors (Lipinski definition) is 1. The van der Waals surface area contributed by atoms with Crippen molar-refractivity contribution in [2.45, 2.75) is 4.90 Å². The molecule has 0 spiro atoms. The van der Waals surface area contributed by atoms with Crippen LogP contribution >= 0.6 is 15.9 Å². The molecule has 26 heavy (non-hydrogen) atoms. The van der Waals surface area contributed by atoms with Crippen LogP contribution in [0.5, 0.6) is 0 Å². The van der Waals surface area contributed by atoms with Crippen LogP contribution in [0.1, 0.15) is 10.4 Å². The lowest BCUT2D eigenvalue weighted by molar-refractivity contribution is 0.0730. The first-order valence-corrected chi connectivity index (χ1v) is 10.4. The second kappa shape index (κ2) is 8.30. The molecular formula is C18H19BrN2O4S. The molecule has 1 heterocycles. The monoisotopic (exact) mass is 438 g/mol. The van der Waals surface area contributed by atoms with Gasteiger partial charge in [0.2, 0.25) is 10.0 Å². The van der Waals surface area contributed by atoms with Gasteiger partial charge in [-0.1, -0.05) is 34.1 Å². The zero-order valence-corrected chi connectivity index (χ0v) is 16.4. The van der Waals surface area contributed by atoms with E-state index in [2.05, 4.69) is 21.2 Å². The van der Waals surface area contributed by atoms with E-state index in [4.69, 9.17) is 4.74 Å². The molecule has 1 N–H and O–H groups in total. The van der Waals surface area contributed by atoms with E-state index in [1.807, 2.05) is 24.3 Å². The van der Waals surface area contributed by atoms with Crippen molar-refractivity contribution in [3.05, 3.63) is 58.6 Å². The largest absolute Gasteiger partial charge is 0.379 e. The normalized spacial score (nSPS) is 15.6. The molecular weight excluding hydrogens is 420 g/mol. The van der Waals surface area contributed by atoms with Crippen LogP contribution in [-0.2, 0) is 14.8 Å². The smallest absolute Gasteiger partial charge is 0.243 e. The van der Waals surface area contributed by atoms with E-state index >= 15 is 0 Å². The van der Waals surface area contributed by atoms with Gasteiger partial charge in [-0.3, -0.25) is 4.79 Å². The molecule has 8 heteroatoms. The summed E-state index contributed by atoms with van der Waals surface area (Å²) in [6.07, 6.45) is 0. The summed E-state index contributed by atoms with van der Waals surface area (Å²) in [5, 5.41) is 3.05. The third-order valence-corrected chi connectivity index (χ3v) is 6.43. The highest BCUT2D eigenvalue weighted by atomic mass is 79.9. The molecule has 0 bridgehead atoms. The second-order valence-corrected chi connectivity index (χ2v) is 8.68. The predicted octanol–water partition coefficient (Wildman–Crippen LogP) is 2.76. The van der Waals surface area contributed by atoms with Gasteiger partial charge < -0.3 is 10.1 Å². The van der Waals surface area contributed by atoms with Crippen LogP contribution in [0.3, 0.4) is 0 Å². The van der Waals surface area contributed by atoms with E-state index < -0.39 is 10.0 Å². The summed E-state index contributed by atoms with van der Waals surface area (Å²) in [6.45, 7) is 1.50. The number of nitrogens with zero attached hydrogens (tertiary/aromatic N) is 1. The number of rotatable bonds is 6. The summed E-state index contributed by atoms with van der Waals surface area (Å²) in [4.78, 5) is 12.6. The minimum Gasteiger partial charge on any atom is -0.379 e. The van der Waals surface area contributed by atoms with Gasteiger partial charge in [-0.15, -0.1) is 0 Å². The van der Waals surface area contributed by atoms with Gasteiger partial charge in [-0.25, -0.2) is 8.42 Å². The van der Waals surface area contributed by atoms with E-state index in [-0.39, 0.29) is 17.2 Å². The van der Waals surface area contributed by atoms with Gasteiger partial charge in [-0.05, 0) is 30.3 Å². The molecule has 0 aromatic heterocycles. The van der Waals surface area contributed by atoms with Gasteiger partial charge in [0.05, 0.1) is 24.7 Å². The zero-order valence-electron chi connectivity index (χ0n) is 14.0. The number of benzene rings is 2. The maximum Gasteiger partial charge on any atom is 0.243 e. The van der Waals surface area contributed by atoms with Crippen molar-refractivity contribution >= 4 is 37.4 Å². The number of ketones is 1. The molecule has 2 aromatic rings. The van der Waals surface area contributed by atoms with Gasteiger partial charge in [0, 0.05) is 28.8 Å². The van der Waals surface area contributed by atoms with Crippen LogP contribution in [0.2, 0.25) is 0 Å². The average molecular weight is 439 g/mol. The van der Waals surface area contributed by atoms with Gasteiger partial charge in [-0.2, -0.15) is 4.31 Å². The van der Waals surface area contributed by atoms with E-state index in [0.717, 1.165) is 10.2 Å². The second-order valence-electron chi connectivity index (χ2n) is 5.83. The summed E-state index contributed by atoms with van der Waals surface area (Å²) in [7, 11) is -3.62. The van der Waals surface area contributed by atoms with Crippen molar-refractivity contribution < 1.29 is 17.9 Å². The fourth-order valence-electron chi connectivity index (χ4n) is 2.65. The molecule has 1 aliphatic rings. The Morgan fingerprint density at radius 2 is 1.85 bits per heavy atom. The summed E-state index contributed by atoms with van der Waals surface area (Å²) >= 11 is 3.38. The van der Waals surface area contributed by atoms with E-state index in [1.165, 1.54) is 16.4 Å². The molecule has 0 aliphatic carbocycles. The fourth-order valence-corrected chi connectivity index (χ4v) is 4.50. The molecule has 3 rings (SSSR count). The minimum atomic E-state index is -3.62. The van der Waals surface area contributed by atoms with E-state index in [0.29, 0.717) is 31.9 Å². The standard InChI is InChI=1S/C18H19BrN2O4S/c19-15-4-2-5-16(12-15)20-13-18(22)14-3-1-6-17(11-14)26(23,24)21-7-9-25-10-8-21/h1-6,11-12,20H,7-10,13H2. The lowest BCUT2D eigenvalue weighted by Crippen LogP contribution is -2.40. The number of Topliss-reactive ketones (excluding diaryl/α,β-unsaturated/α-hetero) is 1. The first kappa shape index (κ1) is 19.0. The molecule has 0 unspecified atom stereocenters. The summed E-state index contributed by atoms with van der Waals surface area (Å²) < 4.78 is 32.9. The van der Waals surface area contributed by atoms with Gasteiger partial charge in [0.15, 0.2) is 5.78 Å². The van der Waals surface area contributed by atoms with Crippen molar-refractivity contribution in [1.82, 2.24) is 4.31 Å². The quantitative estimate of drug-likeness (QED) is 0.701. The number of halogens is 1. The van der Waals surface area contributed by atoms with E-state index in [9.17, 15) is 13.2 Å². The van der Waals surface area contributed by atoms with Crippen molar-refractivity contribution in [3.8, 4) is 0 Å². The summed E-state index contributed by atoms with van der Waals surface area (Å²) in [6, 6.07) is 13.7. The number of hydrogen-bond acceptors (Lipinski definition) is 5. The Hall–Kier alpha value is -1.74. The average Bonchev–Trinajstić information content (AvgIpc) is 2.67. The van der Waals surface area contributed by atoms with Crippen LogP contribution < -0.4 is 5.32 Å². The molecule has 1 aliphatic heterocycles. The Balaban J connectivity index is 1.73. The molecule has 1 saturated heterocycles. The number of carbonyl (C=O) groups is 1. The summed E-state index contributed by atoms with van der Waals surface area (Å²) in [5.41, 5.74) is 1.17. The molecule has 1 fully saturated rings. The molecule has 0 amide bonds. The maximum atomic E-state index is 12.7. The number of anilines is 1. The molecule has 2 aromatic carbocycles. The predicted molar refractivity (Wildman–Crippen MR) is 103 cm³/mol. The van der Waals surface area contributed by atoms with Crippen molar-refractivity contribution in [3.63, 3.8) is 0 Å². The minimum absolute atomic E-state index is 0.0809. The Bertz CT molecular complexity index is 896. The number of nitrogens with one attached hydrogen (secondary N) is 1. The van der Waals surface area contributed by atoms with Crippen molar-refractivity contribution in [1.29, 1.82) is 0 Å². The highest BCUT2D eigenvalue weighted by molar-refractivity contribution is 9.10. The number of ether oxygens (including phenoxy) is 1. The van der Waals surface area contributed by atoms with Crippen molar-refractivity contribution in [2.24, 2.45) is 0 Å². The van der Waals surface area contributed by atoms with Gasteiger partial charge >= 0.3 is 0 Å². The van der Waals surface area contributed by atoms with Gasteiger partial charge in [0.1, 0.15) is 0 Å². The topological polar surface area (TPSA) is 75.7 Å². The van der Waals surface area contributed by atoms with Crippen LogP contribution in [0, 0.1) is 0 Å². The van der Waals surface area contributed by atoms with Crippen LogP contribution in [0.4, 0.5) is 5.69 Å². The number of morpholine rings is 1. The highest BCUT2D eigenvalue weighted by Gasteiger charge is 2.26. The van der Waals surface area contributed by atoms with Gasteiger partial charge in [0.25, 0.3) is 0 Å². The zero-order chi connectivity index (χ0) is 18.6.